The summed E-state index contributed by atoms with van der Waals surface area (Å²) in [6, 6.07) is 20.4. The molecule has 0 aliphatic rings. The zero-order chi connectivity index (χ0) is 20.8. The van der Waals surface area contributed by atoms with Crippen molar-refractivity contribution >= 4 is 11.6 Å². The van der Waals surface area contributed by atoms with Crippen molar-refractivity contribution in [3.05, 3.63) is 93.3 Å². The number of aryl methyl sites for hydroxylation is 1. The quantitative estimate of drug-likeness (QED) is 0.467. The number of aromatic nitrogens is 2. The molecule has 0 saturated carbocycles. The van der Waals surface area contributed by atoms with Crippen molar-refractivity contribution in [1.29, 1.82) is 0 Å². The lowest BCUT2D eigenvalue weighted by molar-refractivity contribution is -0.386. The Morgan fingerprint density at radius 1 is 1.07 bits per heavy atom. The van der Waals surface area contributed by atoms with Crippen molar-refractivity contribution in [2.75, 3.05) is 6.54 Å². The van der Waals surface area contributed by atoms with Crippen LogP contribution >= 0.6 is 0 Å². The summed E-state index contributed by atoms with van der Waals surface area (Å²) < 4.78 is 1.38. The first-order chi connectivity index (χ1) is 14.0. The van der Waals surface area contributed by atoms with Gasteiger partial charge < -0.3 is 5.32 Å². The summed E-state index contributed by atoms with van der Waals surface area (Å²) in [5.74, 6) is -0.0437. The lowest BCUT2D eigenvalue weighted by Gasteiger charge is -2.18. The smallest absolute Gasteiger partial charge is 0.312 e. The van der Waals surface area contributed by atoms with Crippen LogP contribution in [0.15, 0.2) is 60.7 Å². The summed E-state index contributed by atoms with van der Waals surface area (Å²) in [4.78, 5) is 23.0. The van der Waals surface area contributed by atoms with Crippen molar-refractivity contribution in [3.8, 4) is 0 Å². The average molecular weight is 392 g/mol. The fraction of sp³-hybridized carbons (Fsp3) is 0.273. The first-order valence-corrected chi connectivity index (χ1v) is 9.52. The summed E-state index contributed by atoms with van der Waals surface area (Å²) in [5.41, 5.74) is 3.05. The van der Waals surface area contributed by atoms with Crippen molar-refractivity contribution in [2.45, 2.75) is 32.7 Å². The SMILES string of the molecule is Cc1nn(CC(=O)NCCC(c2ccccc2)c2ccccc2)c(C)c1[N+](=O)[O-]. The van der Waals surface area contributed by atoms with Crippen LogP contribution in [0.25, 0.3) is 0 Å². The first-order valence-electron chi connectivity index (χ1n) is 9.52. The Morgan fingerprint density at radius 2 is 1.62 bits per heavy atom. The van der Waals surface area contributed by atoms with Crippen LogP contribution in [0.1, 0.15) is 34.9 Å². The second-order valence-corrected chi connectivity index (χ2v) is 6.95. The minimum absolute atomic E-state index is 0.0361. The molecule has 0 fully saturated rings. The van der Waals surface area contributed by atoms with E-state index in [9.17, 15) is 14.9 Å². The lowest BCUT2D eigenvalue weighted by atomic mass is 9.88. The molecular formula is C22H24N4O3. The Morgan fingerprint density at radius 3 is 2.10 bits per heavy atom. The summed E-state index contributed by atoms with van der Waals surface area (Å²) in [7, 11) is 0. The minimum atomic E-state index is -0.462. The lowest BCUT2D eigenvalue weighted by Crippen LogP contribution is -2.30. The number of rotatable bonds is 8. The summed E-state index contributed by atoms with van der Waals surface area (Å²) in [5, 5.41) is 18.2. The number of nitrogens with zero attached hydrogens (tertiary/aromatic N) is 3. The van der Waals surface area contributed by atoms with Crippen LogP contribution in [-0.4, -0.2) is 27.2 Å². The fourth-order valence-corrected chi connectivity index (χ4v) is 3.55. The highest BCUT2D eigenvalue weighted by Gasteiger charge is 2.22. The number of hydrogen-bond donors (Lipinski definition) is 1. The Balaban J connectivity index is 1.64. The summed E-state index contributed by atoms with van der Waals surface area (Å²) >= 11 is 0. The highest BCUT2D eigenvalue weighted by molar-refractivity contribution is 5.75. The first kappa shape index (κ1) is 20.3. The molecule has 1 amide bonds. The predicted molar refractivity (Wildman–Crippen MR) is 111 cm³/mol. The van der Waals surface area contributed by atoms with Gasteiger partial charge in [0.25, 0.3) is 0 Å². The molecule has 0 atom stereocenters. The average Bonchev–Trinajstić information content (AvgIpc) is 2.99. The van der Waals surface area contributed by atoms with Crippen LogP contribution in [0, 0.1) is 24.0 Å². The molecule has 0 aliphatic heterocycles. The van der Waals surface area contributed by atoms with E-state index in [1.165, 1.54) is 15.8 Å². The Kier molecular flexibility index (Phi) is 6.39. The van der Waals surface area contributed by atoms with Crippen LogP contribution in [0.2, 0.25) is 0 Å². The minimum Gasteiger partial charge on any atom is -0.354 e. The monoisotopic (exact) mass is 392 g/mol. The molecular weight excluding hydrogens is 368 g/mol. The van der Waals surface area contributed by atoms with E-state index in [1.54, 1.807) is 13.8 Å². The van der Waals surface area contributed by atoms with Crippen LogP contribution in [0.4, 0.5) is 5.69 Å². The molecule has 0 bridgehead atoms. The van der Waals surface area contributed by atoms with Crippen LogP contribution in [0.3, 0.4) is 0 Å². The van der Waals surface area contributed by atoms with Crippen LogP contribution < -0.4 is 5.32 Å². The molecule has 3 aromatic rings. The molecule has 150 valence electrons. The van der Waals surface area contributed by atoms with Gasteiger partial charge in [-0.05, 0) is 31.4 Å². The maximum absolute atomic E-state index is 12.4. The van der Waals surface area contributed by atoms with Crippen molar-refractivity contribution in [3.63, 3.8) is 0 Å². The second-order valence-electron chi connectivity index (χ2n) is 6.95. The highest BCUT2D eigenvalue weighted by atomic mass is 16.6. The molecule has 2 aromatic carbocycles. The maximum Gasteiger partial charge on any atom is 0.312 e. The number of benzene rings is 2. The van der Waals surface area contributed by atoms with Gasteiger partial charge in [-0.2, -0.15) is 5.10 Å². The van der Waals surface area contributed by atoms with Gasteiger partial charge in [-0.25, -0.2) is 0 Å². The molecule has 0 unspecified atom stereocenters. The van der Waals surface area contributed by atoms with E-state index in [1.807, 2.05) is 36.4 Å². The third-order valence-electron chi connectivity index (χ3n) is 4.98. The van der Waals surface area contributed by atoms with E-state index >= 15 is 0 Å². The molecule has 0 spiro atoms. The fourth-order valence-electron chi connectivity index (χ4n) is 3.55. The van der Waals surface area contributed by atoms with E-state index in [-0.39, 0.29) is 24.1 Å². The Hall–Kier alpha value is -3.48. The van der Waals surface area contributed by atoms with Gasteiger partial charge in [-0.15, -0.1) is 0 Å². The molecule has 0 aliphatic carbocycles. The molecule has 29 heavy (non-hydrogen) atoms. The zero-order valence-corrected chi connectivity index (χ0v) is 16.5. The van der Waals surface area contributed by atoms with Crippen LogP contribution in [0.5, 0.6) is 0 Å². The topological polar surface area (TPSA) is 90.1 Å². The number of carbonyl (C=O) groups is 1. The van der Waals surface area contributed by atoms with Gasteiger partial charge in [0.1, 0.15) is 17.9 Å². The van der Waals surface area contributed by atoms with Crippen LogP contribution in [-0.2, 0) is 11.3 Å². The number of nitrogens with one attached hydrogen (secondary N) is 1. The number of hydrogen-bond acceptors (Lipinski definition) is 4. The van der Waals surface area contributed by atoms with Crippen molar-refractivity contribution in [2.24, 2.45) is 0 Å². The maximum atomic E-state index is 12.4. The van der Waals surface area contributed by atoms with E-state index in [2.05, 4.69) is 34.7 Å². The van der Waals surface area contributed by atoms with Gasteiger partial charge in [0.2, 0.25) is 5.91 Å². The van der Waals surface area contributed by atoms with E-state index in [4.69, 9.17) is 0 Å². The highest BCUT2D eigenvalue weighted by Crippen LogP contribution is 2.27. The second kappa shape index (κ2) is 9.14. The van der Waals surface area contributed by atoms with Gasteiger partial charge >= 0.3 is 5.69 Å². The molecule has 7 heteroatoms. The molecule has 3 rings (SSSR count). The van der Waals surface area contributed by atoms with E-state index < -0.39 is 4.92 Å². The molecule has 7 nitrogen and oxygen atoms in total. The van der Waals surface area contributed by atoms with Gasteiger partial charge in [0.15, 0.2) is 0 Å². The number of carbonyl (C=O) groups excluding carboxylic acids is 1. The summed E-state index contributed by atoms with van der Waals surface area (Å²) in [6.07, 6.45) is 0.747. The van der Waals surface area contributed by atoms with Crippen molar-refractivity contribution in [1.82, 2.24) is 15.1 Å². The van der Waals surface area contributed by atoms with E-state index in [0.717, 1.165) is 6.42 Å². The van der Waals surface area contributed by atoms with Gasteiger partial charge in [0.05, 0.1) is 4.92 Å². The Bertz CT molecular complexity index is 945. The van der Waals surface area contributed by atoms with Gasteiger partial charge in [-0.3, -0.25) is 19.6 Å². The molecule has 1 heterocycles. The molecule has 0 radical (unpaired) electrons. The molecule has 1 N–H and O–H groups in total. The molecule has 0 saturated heterocycles. The summed E-state index contributed by atoms with van der Waals surface area (Å²) in [6.45, 7) is 3.63. The zero-order valence-electron chi connectivity index (χ0n) is 16.5. The van der Waals surface area contributed by atoms with Crippen molar-refractivity contribution < 1.29 is 9.72 Å². The predicted octanol–water partition coefficient (Wildman–Crippen LogP) is 3.75. The Labute approximate surface area is 169 Å². The standard InChI is InChI=1S/C22H24N4O3/c1-16-22(26(28)29)17(2)25(24-16)15-21(27)23-14-13-20(18-9-5-3-6-10-18)19-11-7-4-8-12-19/h3-12,20H,13-15H2,1-2H3,(H,23,27). The number of nitro groups is 1. The van der Waals surface area contributed by atoms with Gasteiger partial charge in [-0.1, -0.05) is 60.7 Å². The normalized spacial score (nSPS) is 10.9. The number of amides is 1. The third kappa shape index (κ3) is 4.87. The van der Waals surface area contributed by atoms with E-state index in [0.29, 0.717) is 17.9 Å². The largest absolute Gasteiger partial charge is 0.354 e. The molecule has 1 aromatic heterocycles. The third-order valence-corrected chi connectivity index (χ3v) is 4.98. The van der Waals surface area contributed by atoms with Gasteiger partial charge in [0, 0.05) is 12.5 Å².